The fourth-order valence-corrected chi connectivity index (χ4v) is 2.29. The maximum absolute atomic E-state index is 3.54. The first kappa shape index (κ1) is 8.32. The van der Waals surface area contributed by atoms with E-state index in [2.05, 4.69) is 45.6 Å². The van der Waals surface area contributed by atoms with Crippen LogP contribution in [-0.2, 0) is 20.0 Å². The molecule has 0 N–H and O–H groups in total. The van der Waals surface area contributed by atoms with Crippen molar-refractivity contribution in [3.05, 3.63) is 21.9 Å². The highest BCUT2D eigenvalue weighted by Gasteiger charge is 2.17. The molecule has 0 aliphatic carbocycles. The molecule has 0 fully saturated rings. The molecule has 0 amide bonds. The SMILES string of the molecule is CN1CCc2c(cc(Br)n2C)C1. The monoisotopic (exact) mass is 228 g/mol. The summed E-state index contributed by atoms with van der Waals surface area (Å²) >= 11 is 3.54. The van der Waals surface area contributed by atoms with Gasteiger partial charge in [0, 0.05) is 32.3 Å². The Hall–Kier alpha value is -0.280. The normalized spacial score (nSPS) is 17.9. The van der Waals surface area contributed by atoms with Crippen molar-refractivity contribution in [2.75, 3.05) is 13.6 Å². The lowest BCUT2D eigenvalue weighted by atomic mass is 10.1. The lowest BCUT2D eigenvalue weighted by Gasteiger charge is -2.23. The van der Waals surface area contributed by atoms with Gasteiger partial charge in [-0.05, 0) is 34.6 Å². The Morgan fingerprint density at radius 3 is 2.92 bits per heavy atom. The summed E-state index contributed by atoms with van der Waals surface area (Å²) in [6, 6.07) is 2.23. The molecule has 2 rings (SSSR count). The molecule has 0 saturated heterocycles. The molecule has 0 unspecified atom stereocenters. The molecule has 0 atom stereocenters. The van der Waals surface area contributed by atoms with E-state index in [1.165, 1.54) is 28.8 Å². The Morgan fingerprint density at radius 2 is 2.17 bits per heavy atom. The Bertz CT molecular complexity index is 304. The van der Waals surface area contributed by atoms with Gasteiger partial charge in [0.1, 0.15) is 0 Å². The Balaban J connectivity index is 2.43. The number of hydrogen-bond donors (Lipinski definition) is 0. The first-order valence-electron chi connectivity index (χ1n) is 4.20. The molecule has 66 valence electrons. The van der Waals surface area contributed by atoms with Crippen LogP contribution in [0.15, 0.2) is 10.7 Å². The van der Waals surface area contributed by atoms with Gasteiger partial charge in [0.25, 0.3) is 0 Å². The summed E-state index contributed by atoms with van der Waals surface area (Å²) in [6.45, 7) is 2.27. The molecule has 2 nitrogen and oxygen atoms in total. The summed E-state index contributed by atoms with van der Waals surface area (Å²) in [7, 11) is 4.29. The van der Waals surface area contributed by atoms with Gasteiger partial charge in [0.2, 0.25) is 0 Å². The third kappa shape index (κ3) is 1.21. The molecule has 12 heavy (non-hydrogen) atoms. The van der Waals surface area contributed by atoms with Gasteiger partial charge in [-0.3, -0.25) is 0 Å². The first-order valence-corrected chi connectivity index (χ1v) is 4.99. The highest BCUT2D eigenvalue weighted by molar-refractivity contribution is 9.10. The van der Waals surface area contributed by atoms with Crippen LogP contribution in [0.1, 0.15) is 11.3 Å². The molecule has 1 aromatic rings. The van der Waals surface area contributed by atoms with Gasteiger partial charge in [0.05, 0.1) is 4.60 Å². The summed E-state index contributed by atoms with van der Waals surface area (Å²) in [4.78, 5) is 2.36. The van der Waals surface area contributed by atoms with Gasteiger partial charge in [-0.2, -0.15) is 0 Å². The van der Waals surface area contributed by atoms with E-state index in [0.717, 1.165) is 6.54 Å². The third-order valence-corrected chi connectivity index (χ3v) is 3.32. The zero-order chi connectivity index (χ0) is 8.72. The predicted molar refractivity (Wildman–Crippen MR) is 53.2 cm³/mol. The van der Waals surface area contributed by atoms with Crippen LogP contribution < -0.4 is 0 Å². The Kier molecular flexibility index (Phi) is 2.00. The molecule has 1 aliphatic rings. The van der Waals surface area contributed by atoms with Crippen molar-refractivity contribution in [1.29, 1.82) is 0 Å². The van der Waals surface area contributed by atoms with Crippen molar-refractivity contribution >= 4 is 15.9 Å². The number of rotatable bonds is 0. The standard InChI is InChI=1S/C9H13BrN2/c1-11-4-3-8-7(6-11)5-9(10)12(8)2/h5H,3-4,6H2,1-2H3. The minimum absolute atomic E-state index is 1.09. The van der Waals surface area contributed by atoms with Crippen LogP contribution in [0.4, 0.5) is 0 Å². The minimum atomic E-state index is 1.09. The molecule has 0 bridgehead atoms. The van der Waals surface area contributed by atoms with Crippen molar-refractivity contribution in [1.82, 2.24) is 9.47 Å². The fourth-order valence-electron chi connectivity index (χ4n) is 1.80. The first-order chi connectivity index (χ1) is 5.68. The summed E-state index contributed by atoms with van der Waals surface area (Å²) in [5.74, 6) is 0. The maximum Gasteiger partial charge on any atom is 0.0849 e. The second-order valence-electron chi connectivity index (χ2n) is 3.49. The average Bonchev–Trinajstić information content (AvgIpc) is 2.28. The quantitative estimate of drug-likeness (QED) is 0.658. The van der Waals surface area contributed by atoms with Crippen LogP contribution in [0, 0.1) is 0 Å². The zero-order valence-electron chi connectivity index (χ0n) is 7.47. The second kappa shape index (κ2) is 2.89. The number of hydrogen-bond acceptors (Lipinski definition) is 1. The van der Waals surface area contributed by atoms with Gasteiger partial charge in [-0.1, -0.05) is 0 Å². The largest absolute Gasteiger partial charge is 0.342 e. The highest BCUT2D eigenvalue weighted by atomic mass is 79.9. The lowest BCUT2D eigenvalue weighted by Crippen LogP contribution is -2.26. The van der Waals surface area contributed by atoms with Crippen molar-refractivity contribution in [2.45, 2.75) is 13.0 Å². The van der Waals surface area contributed by atoms with Crippen LogP contribution in [-0.4, -0.2) is 23.1 Å². The molecule has 0 aromatic carbocycles. The zero-order valence-corrected chi connectivity index (χ0v) is 9.06. The van der Waals surface area contributed by atoms with Crippen LogP contribution in [0.25, 0.3) is 0 Å². The fraction of sp³-hybridized carbons (Fsp3) is 0.556. The van der Waals surface area contributed by atoms with E-state index < -0.39 is 0 Å². The van der Waals surface area contributed by atoms with E-state index >= 15 is 0 Å². The highest BCUT2D eigenvalue weighted by Crippen LogP contribution is 2.24. The Labute approximate surface area is 81.3 Å². The van der Waals surface area contributed by atoms with Crippen LogP contribution >= 0.6 is 15.9 Å². The minimum Gasteiger partial charge on any atom is -0.342 e. The number of aromatic nitrogens is 1. The van der Waals surface area contributed by atoms with E-state index in [-0.39, 0.29) is 0 Å². The smallest absolute Gasteiger partial charge is 0.0849 e. The van der Waals surface area contributed by atoms with E-state index in [1.54, 1.807) is 0 Å². The Morgan fingerprint density at radius 1 is 1.42 bits per heavy atom. The summed E-state index contributed by atoms with van der Waals surface area (Å²) in [5, 5.41) is 0. The average molecular weight is 229 g/mol. The molecule has 3 heteroatoms. The van der Waals surface area contributed by atoms with Gasteiger partial charge in [-0.25, -0.2) is 0 Å². The van der Waals surface area contributed by atoms with Gasteiger partial charge in [0.15, 0.2) is 0 Å². The number of fused-ring (bicyclic) bond motifs is 1. The maximum atomic E-state index is 3.54. The lowest BCUT2D eigenvalue weighted by molar-refractivity contribution is 0.309. The van der Waals surface area contributed by atoms with Crippen LogP contribution in [0.2, 0.25) is 0 Å². The van der Waals surface area contributed by atoms with E-state index in [1.807, 2.05) is 0 Å². The topological polar surface area (TPSA) is 8.17 Å². The van der Waals surface area contributed by atoms with Gasteiger partial charge < -0.3 is 9.47 Å². The molecular weight excluding hydrogens is 216 g/mol. The van der Waals surface area contributed by atoms with E-state index in [4.69, 9.17) is 0 Å². The number of halogens is 1. The molecule has 0 spiro atoms. The van der Waals surface area contributed by atoms with Crippen molar-refractivity contribution < 1.29 is 0 Å². The molecule has 2 heterocycles. The van der Waals surface area contributed by atoms with Crippen molar-refractivity contribution in [3.8, 4) is 0 Å². The predicted octanol–water partition coefficient (Wildman–Crippen LogP) is 1.78. The third-order valence-electron chi connectivity index (χ3n) is 2.56. The molecule has 0 radical (unpaired) electrons. The van der Waals surface area contributed by atoms with Crippen LogP contribution in [0.5, 0.6) is 0 Å². The van der Waals surface area contributed by atoms with Crippen molar-refractivity contribution in [2.24, 2.45) is 7.05 Å². The van der Waals surface area contributed by atoms with Crippen molar-refractivity contribution in [3.63, 3.8) is 0 Å². The van der Waals surface area contributed by atoms with E-state index in [9.17, 15) is 0 Å². The molecular formula is C9H13BrN2. The molecule has 1 aliphatic heterocycles. The molecule has 1 aromatic heterocycles. The molecule has 0 saturated carbocycles. The van der Waals surface area contributed by atoms with E-state index in [0.29, 0.717) is 0 Å². The second-order valence-corrected chi connectivity index (χ2v) is 4.30. The van der Waals surface area contributed by atoms with Gasteiger partial charge in [-0.15, -0.1) is 0 Å². The summed E-state index contributed by atoms with van der Waals surface area (Å²) in [5.41, 5.74) is 2.96. The summed E-state index contributed by atoms with van der Waals surface area (Å²) in [6.07, 6.45) is 1.17. The number of nitrogens with zero attached hydrogens (tertiary/aromatic N) is 2. The van der Waals surface area contributed by atoms with Gasteiger partial charge >= 0.3 is 0 Å². The summed E-state index contributed by atoms with van der Waals surface area (Å²) < 4.78 is 3.44. The van der Waals surface area contributed by atoms with Crippen LogP contribution in [0.3, 0.4) is 0 Å². The number of likely N-dealkylation sites (N-methyl/N-ethyl adjacent to an activating group) is 1.